The van der Waals surface area contributed by atoms with Crippen LogP contribution in [0, 0.1) is 5.92 Å². The molecule has 3 rings (SSSR count). The summed E-state index contributed by atoms with van der Waals surface area (Å²) in [5.74, 6) is 1.48. The maximum absolute atomic E-state index is 9.71. The maximum atomic E-state index is 9.71. The van der Waals surface area contributed by atoms with E-state index >= 15 is 0 Å². The van der Waals surface area contributed by atoms with Gasteiger partial charge in [-0.15, -0.1) is 0 Å². The van der Waals surface area contributed by atoms with Crippen molar-refractivity contribution < 1.29 is 5.11 Å². The van der Waals surface area contributed by atoms with E-state index in [1.807, 2.05) is 19.2 Å². The van der Waals surface area contributed by atoms with E-state index < -0.39 is 0 Å². The molecule has 0 amide bonds. The number of aliphatic hydroxyl groups excluding tert-OH is 1. The van der Waals surface area contributed by atoms with E-state index in [1.54, 1.807) is 0 Å². The van der Waals surface area contributed by atoms with Crippen LogP contribution in [-0.2, 0) is 6.54 Å². The number of nitrogens with one attached hydrogen (secondary N) is 1. The van der Waals surface area contributed by atoms with Crippen LogP contribution in [0.3, 0.4) is 0 Å². The van der Waals surface area contributed by atoms with E-state index in [1.165, 1.54) is 18.4 Å². The highest BCUT2D eigenvalue weighted by atomic mass is 16.3. The van der Waals surface area contributed by atoms with Crippen LogP contribution in [0.1, 0.15) is 31.7 Å². The first-order valence-corrected chi connectivity index (χ1v) is 7.34. The summed E-state index contributed by atoms with van der Waals surface area (Å²) in [6.45, 7) is 4.72. The molecular formula is C15H23N3O. The number of anilines is 1. The second kappa shape index (κ2) is 5.47. The summed E-state index contributed by atoms with van der Waals surface area (Å²) >= 11 is 0. The molecule has 2 fully saturated rings. The Hall–Kier alpha value is -1.13. The molecule has 0 aromatic carbocycles. The van der Waals surface area contributed by atoms with E-state index in [0.717, 1.165) is 37.9 Å². The van der Waals surface area contributed by atoms with Crippen molar-refractivity contribution in [2.45, 2.75) is 44.9 Å². The van der Waals surface area contributed by atoms with Gasteiger partial charge in [0.25, 0.3) is 0 Å². The van der Waals surface area contributed by atoms with Gasteiger partial charge in [-0.1, -0.05) is 6.07 Å². The summed E-state index contributed by atoms with van der Waals surface area (Å²) < 4.78 is 0. The molecule has 104 valence electrons. The molecular weight excluding hydrogens is 238 g/mol. The predicted octanol–water partition coefficient (Wildman–Crippen LogP) is 1.54. The van der Waals surface area contributed by atoms with Crippen molar-refractivity contribution in [3.63, 3.8) is 0 Å². The van der Waals surface area contributed by atoms with Crippen LogP contribution in [0.4, 0.5) is 5.82 Å². The van der Waals surface area contributed by atoms with Crippen LogP contribution < -0.4 is 10.2 Å². The van der Waals surface area contributed by atoms with Crippen molar-refractivity contribution in [1.29, 1.82) is 0 Å². The van der Waals surface area contributed by atoms with Gasteiger partial charge in [0, 0.05) is 43.4 Å². The number of rotatable bonds is 5. The Balaban J connectivity index is 1.69. The normalized spacial score (nSPS) is 24.7. The Morgan fingerprint density at radius 1 is 1.47 bits per heavy atom. The van der Waals surface area contributed by atoms with E-state index in [0.29, 0.717) is 5.92 Å². The first-order chi connectivity index (χ1) is 9.24. The van der Waals surface area contributed by atoms with Crippen LogP contribution >= 0.6 is 0 Å². The lowest BCUT2D eigenvalue weighted by Crippen LogP contribution is -2.26. The average Bonchev–Trinajstić information content (AvgIpc) is 3.11. The Bertz CT molecular complexity index is 431. The molecule has 1 aliphatic heterocycles. The van der Waals surface area contributed by atoms with Gasteiger partial charge in [0.1, 0.15) is 5.82 Å². The summed E-state index contributed by atoms with van der Waals surface area (Å²) in [4.78, 5) is 6.88. The summed E-state index contributed by atoms with van der Waals surface area (Å²) in [6, 6.07) is 4.89. The molecule has 0 radical (unpaired) electrons. The van der Waals surface area contributed by atoms with Crippen molar-refractivity contribution in [1.82, 2.24) is 10.3 Å². The van der Waals surface area contributed by atoms with Crippen molar-refractivity contribution in [3.05, 3.63) is 23.9 Å². The van der Waals surface area contributed by atoms with Gasteiger partial charge in [-0.05, 0) is 32.3 Å². The molecule has 2 N–H and O–H groups in total. The Morgan fingerprint density at radius 3 is 3.00 bits per heavy atom. The largest absolute Gasteiger partial charge is 0.393 e. The topological polar surface area (TPSA) is 48.4 Å². The van der Waals surface area contributed by atoms with Crippen LogP contribution in [0.25, 0.3) is 0 Å². The van der Waals surface area contributed by atoms with Crippen molar-refractivity contribution in [2.24, 2.45) is 5.92 Å². The number of aromatic nitrogens is 1. The number of hydrogen-bond acceptors (Lipinski definition) is 4. The number of nitrogens with zero attached hydrogens (tertiary/aromatic N) is 2. The minimum atomic E-state index is -0.221. The molecule has 19 heavy (non-hydrogen) atoms. The van der Waals surface area contributed by atoms with Gasteiger partial charge >= 0.3 is 0 Å². The third-order valence-electron chi connectivity index (χ3n) is 4.23. The summed E-state index contributed by atoms with van der Waals surface area (Å²) in [7, 11) is 0. The van der Waals surface area contributed by atoms with Crippen molar-refractivity contribution in [3.8, 4) is 0 Å². The Kier molecular flexibility index (Phi) is 3.71. The fraction of sp³-hybridized carbons (Fsp3) is 0.667. The Morgan fingerprint density at radius 2 is 2.32 bits per heavy atom. The van der Waals surface area contributed by atoms with E-state index in [-0.39, 0.29) is 6.10 Å². The molecule has 1 aromatic heterocycles. The first kappa shape index (κ1) is 12.9. The molecule has 2 heterocycles. The van der Waals surface area contributed by atoms with Gasteiger partial charge in [0.15, 0.2) is 0 Å². The van der Waals surface area contributed by atoms with Gasteiger partial charge in [0.05, 0.1) is 6.10 Å². The first-order valence-electron chi connectivity index (χ1n) is 7.34. The minimum Gasteiger partial charge on any atom is -0.393 e. The van der Waals surface area contributed by atoms with E-state index in [4.69, 9.17) is 0 Å². The fourth-order valence-electron chi connectivity index (χ4n) is 2.77. The smallest absolute Gasteiger partial charge is 0.133 e. The second-order valence-corrected chi connectivity index (χ2v) is 5.88. The quantitative estimate of drug-likeness (QED) is 0.844. The highest BCUT2D eigenvalue weighted by Gasteiger charge is 2.28. The van der Waals surface area contributed by atoms with Crippen molar-refractivity contribution in [2.75, 3.05) is 18.0 Å². The molecule has 0 spiro atoms. The molecule has 1 saturated carbocycles. The Labute approximate surface area is 114 Å². The third-order valence-corrected chi connectivity index (χ3v) is 4.23. The third kappa shape index (κ3) is 3.07. The number of hydrogen-bond donors (Lipinski definition) is 2. The summed E-state index contributed by atoms with van der Waals surface area (Å²) in [6.07, 6.45) is 5.32. The van der Waals surface area contributed by atoms with Crippen molar-refractivity contribution >= 4 is 5.82 Å². The molecule has 1 aromatic rings. The van der Waals surface area contributed by atoms with Gasteiger partial charge in [-0.25, -0.2) is 4.98 Å². The minimum absolute atomic E-state index is 0.221. The lowest BCUT2D eigenvalue weighted by atomic mass is 10.0. The van der Waals surface area contributed by atoms with Crippen LogP contribution in [0.2, 0.25) is 0 Å². The van der Waals surface area contributed by atoms with Gasteiger partial charge in [-0.3, -0.25) is 0 Å². The average molecular weight is 261 g/mol. The van der Waals surface area contributed by atoms with Crippen LogP contribution in [0.15, 0.2) is 18.3 Å². The summed E-state index contributed by atoms with van der Waals surface area (Å²) in [5.41, 5.74) is 1.28. The zero-order chi connectivity index (χ0) is 13.2. The zero-order valence-corrected chi connectivity index (χ0v) is 11.5. The molecule has 1 saturated heterocycles. The SMILES string of the molecule is CC(O)C1CCN(c2ncccc2CNC2CC2)C1. The molecule has 4 heteroatoms. The zero-order valence-electron chi connectivity index (χ0n) is 11.5. The summed E-state index contributed by atoms with van der Waals surface area (Å²) in [5, 5.41) is 13.3. The molecule has 0 bridgehead atoms. The number of aliphatic hydroxyl groups is 1. The highest BCUT2D eigenvalue weighted by molar-refractivity contribution is 5.47. The lowest BCUT2D eigenvalue weighted by molar-refractivity contribution is 0.136. The standard InChI is InChI=1S/C15H23N3O/c1-11(19)13-6-8-18(10-13)15-12(3-2-7-16-15)9-17-14-4-5-14/h2-3,7,11,13-14,17,19H,4-6,8-10H2,1H3. The molecule has 2 atom stereocenters. The number of pyridine rings is 1. The maximum Gasteiger partial charge on any atom is 0.133 e. The monoisotopic (exact) mass is 261 g/mol. The molecule has 2 unspecified atom stereocenters. The van der Waals surface area contributed by atoms with Gasteiger partial charge in [-0.2, -0.15) is 0 Å². The highest BCUT2D eigenvalue weighted by Crippen LogP contribution is 2.27. The van der Waals surface area contributed by atoms with Gasteiger partial charge in [0.2, 0.25) is 0 Å². The molecule has 4 nitrogen and oxygen atoms in total. The molecule has 2 aliphatic rings. The second-order valence-electron chi connectivity index (χ2n) is 5.88. The van der Waals surface area contributed by atoms with Crippen LogP contribution in [-0.4, -0.2) is 35.3 Å². The van der Waals surface area contributed by atoms with Crippen LogP contribution in [0.5, 0.6) is 0 Å². The van der Waals surface area contributed by atoms with E-state index in [2.05, 4.69) is 21.3 Å². The van der Waals surface area contributed by atoms with Gasteiger partial charge < -0.3 is 15.3 Å². The van der Waals surface area contributed by atoms with E-state index in [9.17, 15) is 5.11 Å². The fourth-order valence-corrected chi connectivity index (χ4v) is 2.77. The molecule has 1 aliphatic carbocycles. The lowest BCUT2D eigenvalue weighted by Gasteiger charge is -2.21. The predicted molar refractivity (Wildman–Crippen MR) is 76.1 cm³/mol.